The summed E-state index contributed by atoms with van der Waals surface area (Å²) in [6.45, 7) is 3.57. The Morgan fingerprint density at radius 2 is 2.23 bits per heavy atom. The number of carbonyl (C=O) groups is 1. The van der Waals surface area contributed by atoms with E-state index in [1.165, 1.54) is 41.8 Å². The third-order valence-electron chi connectivity index (χ3n) is 6.11. The van der Waals surface area contributed by atoms with Gasteiger partial charge in [0.1, 0.15) is 5.69 Å². The van der Waals surface area contributed by atoms with Gasteiger partial charge in [0.2, 0.25) is 0 Å². The van der Waals surface area contributed by atoms with Crippen molar-refractivity contribution >= 4 is 16.8 Å². The van der Waals surface area contributed by atoms with Crippen molar-refractivity contribution in [3.05, 3.63) is 52.5 Å². The minimum atomic E-state index is 0.0923. The van der Waals surface area contributed by atoms with E-state index < -0.39 is 0 Å². The number of carbonyl (C=O) groups excluding carboxylic acids is 1. The molecule has 0 spiro atoms. The van der Waals surface area contributed by atoms with Crippen LogP contribution in [0.3, 0.4) is 0 Å². The number of aromatic nitrogens is 3. The molecule has 1 aliphatic carbocycles. The van der Waals surface area contributed by atoms with Crippen LogP contribution in [0.25, 0.3) is 10.9 Å². The smallest absolute Gasteiger partial charge is 0.270 e. The van der Waals surface area contributed by atoms with Crippen LogP contribution in [-0.2, 0) is 19.4 Å². The van der Waals surface area contributed by atoms with Crippen molar-refractivity contribution < 1.29 is 4.79 Å². The van der Waals surface area contributed by atoms with E-state index in [4.69, 9.17) is 0 Å². The highest BCUT2D eigenvalue weighted by atomic mass is 16.2. The molecule has 1 saturated carbocycles. The third-order valence-corrected chi connectivity index (χ3v) is 6.11. The molecule has 5 heteroatoms. The van der Waals surface area contributed by atoms with Crippen LogP contribution < -0.4 is 0 Å². The van der Waals surface area contributed by atoms with E-state index in [0.717, 1.165) is 30.3 Å². The molecule has 1 aliphatic heterocycles. The summed E-state index contributed by atoms with van der Waals surface area (Å²) in [6.07, 6.45) is 5.58. The average Bonchev–Trinajstić information content (AvgIpc) is 3.23. The molecule has 0 saturated heterocycles. The van der Waals surface area contributed by atoms with Gasteiger partial charge in [0, 0.05) is 47.6 Å². The van der Waals surface area contributed by atoms with Crippen LogP contribution >= 0.6 is 0 Å². The van der Waals surface area contributed by atoms with Gasteiger partial charge >= 0.3 is 0 Å². The van der Waals surface area contributed by atoms with Gasteiger partial charge in [-0.15, -0.1) is 0 Å². The first-order chi connectivity index (χ1) is 12.7. The van der Waals surface area contributed by atoms with Crippen LogP contribution in [0.15, 0.2) is 24.3 Å². The highest BCUT2D eigenvalue weighted by Crippen LogP contribution is 2.39. The second kappa shape index (κ2) is 6.01. The molecule has 3 aromatic rings. The molecule has 5 nitrogen and oxygen atoms in total. The van der Waals surface area contributed by atoms with Crippen LogP contribution in [0.5, 0.6) is 0 Å². The second-order valence-electron chi connectivity index (χ2n) is 7.59. The van der Waals surface area contributed by atoms with Crippen molar-refractivity contribution in [2.75, 3.05) is 6.54 Å². The Morgan fingerprint density at radius 1 is 1.35 bits per heavy atom. The zero-order valence-corrected chi connectivity index (χ0v) is 15.1. The molecule has 0 radical (unpaired) electrons. The number of hydrogen-bond donors (Lipinski definition) is 2. The summed E-state index contributed by atoms with van der Waals surface area (Å²) in [5.74, 6) is 0.680. The first kappa shape index (κ1) is 15.7. The van der Waals surface area contributed by atoms with Gasteiger partial charge in [-0.25, -0.2) is 0 Å². The Kier molecular flexibility index (Phi) is 3.62. The van der Waals surface area contributed by atoms with Crippen LogP contribution in [0, 0.1) is 0 Å². The van der Waals surface area contributed by atoms with Crippen LogP contribution in [-0.4, -0.2) is 32.5 Å². The number of aromatic amines is 2. The monoisotopic (exact) mass is 348 g/mol. The van der Waals surface area contributed by atoms with Crippen LogP contribution in [0.2, 0.25) is 0 Å². The van der Waals surface area contributed by atoms with Gasteiger partial charge in [0.05, 0.1) is 5.69 Å². The Bertz CT molecular complexity index is 979. The summed E-state index contributed by atoms with van der Waals surface area (Å²) in [6, 6.07) is 8.25. The molecule has 0 bridgehead atoms. The van der Waals surface area contributed by atoms with Crippen molar-refractivity contribution in [1.82, 2.24) is 20.1 Å². The van der Waals surface area contributed by atoms with Gasteiger partial charge in [-0.3, -0.25) is 9.89 Å². The van der Waals surface area contributed by atoms with Crippen molar-refractivity contribution in [2.24, 2.45) is 0 Å². The molecule has 1 aromatic carbocycles. The van der Waals surface area contributed by atoms with Crippen LogP contribution in [0.4, 0.5) is 0 Å². The number of amides is 1. The molecular formula is C21H24N4O. The van der Waals surface area contributed by atoms with Gasteiger partial charge in [-0.1, -0.05) is 25.5 Å². The van der Waals surface area contributed by atoms with Gasteiger partial charge in [-0.05, 0) is 37.0 Å². The quantitative estimate of drug-likeness (QED) is 0.753. The molecule has 26 heavy (non-hydrogen) atoms. The fourth-order valence-corrected chi connectivity index (χ4v) is 4.32. The number of H-pyrrole nitrogens is 2. The molecule has 5 rings (SSSR count). The highest BCUT2D eigenvalue weighted by molar-refractivity contribution is 5.99. The van der Waals surface area contributed by atoms with Gasteiger partial charge < -0.3 is 9.88 Å². The summed E-state index contributed by atoms with van der Waals surface area (Å²) in [7, 11) is 0. The number of aryl methyl sites for hydroxylation is 1. The first-order valence-electron chi connectivity index (χ1n) is 9.70. The topological polar surface area (TPSA) is 64.8 Å². The summed E-state index contributed by atoms with van der Waals surface area (Å²) in [5.41, 5.74) is 6.71. The van der Waals surface area contributed by atoms with E-state index in [2.05, 4.69) is 34.2 Å². The molecule has 1 fully saturated rings. The minimum absolute atomic E-state index is 0.0923. The Morgan fingerprint density at radius 3 is 3.00 bits per heavy atom. The predicted octanol–water partition coefficient (Wildman–Crippen LogP) is 3.92. The highest BCUT2D eigenvalue weighted by Gasteiger charge is 2.31. The molecular weight excluding hydrogens is 324 g/mol. The summed E-state index contributed by atoms with van der Waals surface area (Å²) < 4.78 is 0. The maximum Gasteiger partial charge on any atom is 0.270 e. The SMILES string of the molecule is CCc1cccc2[nH]c(C(=O)N3CCc4[nH]nc(C5CCC5)c4C3)cc12. The zero-order valence-electron chi connectivity index (χ0n) is 15.1. The van der Waals surface area contributed by atoms with E-state index in [-0.39, 0.29) is 5.91 Å². The molecule has 2 aliphatic rings. The maximum atomic E-state index is 13.1. The summed E-state index contributed by atoms with van der Waals surface area (Å²) in [5, 5.41) is 8.95. The zero-order chi connectivity index (χ0) is 17.7. The molecule has 1 amide bonds. The van der Waals surface area contributed by atoms with Gasteiger partial charge in [0.15, 0.2) is 0 Å². The lowest BCUT2D eigenvalue weighted by molar-refractivity contribution is 0.0728. The van der Waals surface area contributed by atoms with E-state index in [1.54, 1.807) is 0 Å². The van der Waals surface area contributed by atoms with Crippen molar-refractivity contribution in [1.29, 1.82) is 0 Å². The van der Waals surface area contributed by atoms with E-state index >= 15 is 0 Å². The van der Waals surface area contributed by atoms with Crippen molar-refractivity contribution in [3.8, 4) is 0 Å². The van der Waals surface area contributed by atoms with E-state index in [9.17, 15) is 4.79 Å². The van der Waals surface area contributed by atoms with Gasteiger partial charge in [-0.2, -0.15) is 5.10 Å². The fraction of sp³-hybridized carbons (Fsp3) is 0.429. The molecule has 0 unspecified atom stereocenters. The lowest BCUT2D eigenvalue weighted by Crippen LogP contribution is -2.36. The molecule has 134 valence electrons. The number of benzene rings is 1. The van der Waals surface area contributed by atoms with Crippen molar-refractivity contribution in [2.45, 2.75) is 51.5 Å². The third kappa shape index (κ3) is 2.37. The molecule has 2 aromatic heterocycles. The molecule has 0 atom stereocenters. The fourth-order valence-electron chi connectivity index (χ4n) is 4.32. The number of fused-ring (bicyclic) bond motifs is 2. The summed E-state index contributed by atoms with van der Waals surface area (Å²) >= 11 is 0. The minimum Gasteiger partial charge on any atom is -0.351 e. The number of rotatable bonds is 3. The lowest BCUT2D eigenvalue weighted by Gasteiger charge is -2.30. The predicted molar refractivity (Wildman–Crippen MR) is 101 cm³/mol. The van der Waals surface area contributed by atoms with Gasteiger partial charge in [0.25, 0.3) is 5.91 Å². The van der Waals surface area contributed by atoms with Crippen LogP contribution in [0.1, 0.15) is 65.1 Å². The number of hydrogen-bond acceptors (Lipinski definition) is 2. The molecule has 3 heterocycles. The standard InChI is InChI=1S/C21H24N4O/c1-2-13-5-4-8-17-15(13)11-19(22-17)21(26)25-10-9-18-16(12-25)20(24-23-18)14-6-3-7-14/h4-5,8,11,14,22H,2-3,6-7,9-10,12H2,1H3,(H,23,24). The Labute approximate surface area is 152 Å². The number of nitrogens with one attached hydrogen (secondary N) is 2. The molecule has 2 N–H and O–H groups in total. The number of nitrogens with zero attached hydrogens (tertiary/aromatic N) is 2. The van der Waals surface area contributed by atoms with Crippen molar-refractivity contribution in [3.63, 3.8) is 0 Å². The first-order valence-corrected chi connectivity index (χ1v) is 9.70. The van der Waals surface area contributed by atoms with E-state index in [1.807, 2.05) is 17.0 Å². The Hall–Kier alpha value is -2.56. The lowest BCUT2D eigenvalue weighted by atomic mass is 9.81. The maximum absolute atomic E-state index is 13.1. The second-order valence-corrected chi connectivity index (χ2v) is 7.59. The Balaban J connectivity index is 1.44. The average molecular weight is 348 g/mol. The normalized spacial score (nSPS) is 17.3. The summed E-state index contributed by atoms with van der Waals surface area (Å²) in [4.78, 5) is 18.4. The van der Waals surface area contributed by atoms with E-state index in [0.29, 0.717) is 18.2 Å². The largest absolute Gasteiger partial charge is 0.351 e.